The highest BCUT2D eigenvalue weighted by atomic mass is 32.2. The van der Waals surface area contributed by atoms with Gasteiger partial charge in [-0.05, 0) is 36.1 Å². The molecule has 0 fully saturated rings. The summed E-state index contributed by atoms with van der Waals surface area (Å²) in [5.74, 6) is 0.530. The minimum atomic E-state index is -3.48. The maximum Gasteiger partial charge on any atom is 0.238 e. The highest BCUT2D eigenvalue weighted by Gasteiger charge is 2.26. The van der Waals surface area contributed by atoms with E-state index in [0.29, 0.717) is 18.1 Å². The molecule has 1 amide bonds. The number of hydrogen-bond acceptors (Lipinski definition) is 5. The fourth-order valence-electron chi connectivity index (χ4n) is 2.74. The van der Waals surface area contributed by atoms with Crippen LogP contribution in [-0.4, -0.2) is 33.2 Å². The predicted molar refractivity (Wildman–Crippen MR) is 117 cm³/mol. The second kappa shape index (κ2) is 11.0. The van der Waals surface area contributed by atoms with Gasteiger partial charge in [-0.15, -0.1) is 0 Å². The summed E-state index contributed by atoms with van der Waals surface area (Å²) in [7, 11) is -1.93. The fraction of sp³-hybridized carbons (Fsp3) is 0.409. The molecule has 2 rings (SSSR count). The van der Waals surface area contributed by atoms with Gasteiger partial charge in [-0.3, -0.25) is 4.79 Å². The molecule has 0 aliphatic heterocycles. The molecule has 30 heavy (non-hydrogen) atoms. The number of carbonyl (C=O) groups excluding carboxylic acids is 1. The van der Waals surface area contributed by atoms with Crippen LogP contribution in [0.15, 0.2) is 48.5 Å². The quantitative estimate of drug-likeness (QED) is 0.567. The second-order valence-electron chi connectivity index (χ2n) is 7.22. The maximum atomic E-state index is 12.5. The lowest BCUT2D eigenvalue weighted by Gasteiger charge is -2.21. The van der Waals surface area contributed by atoms with Gasteiger partial charge >= 0.3 is 0 Å². The summed E-state index contributed by atoms with van der Waals surface area (Å²) < 4.78 is 37.4. The summed E-state index contributed by atoms with van der Waals surface area (Å²) in [5.41, 5.74) is 1.86. The highest BCUT2D eigenvalue weighted by molar-refractivity contribution is 7.89. The predicted octanol–water partition coefficient (Wildman–Crippen LogP) is 2.85. The summed E-state index contributed by atoms with van der Waals surface area (Å²) >= 11 is 0. The van der Waals surface area contributed by atoms with E-state index < -0.39 is 16.1 Å². The first-order valence-corrected chi connectivity index (χ1v) is 11.5. The van der Waals surface area contributed by atoms with Crippen molar-refractivity contribution in [2.75, 3.05) is 12.9 Å². The molecule has 0 saturated heterocycles. The average Bonchev–Trinajstić information content (AvgIpc) is 2.75. The Bertz CT molecular complexity index is 930. The average molecular weight is 435 g/mol. The number of benzene rings is 2. The summed E-state index contributed by atoms with van der Waals surface area (Å²) in [6.07, 6.45) is 0. The zero-order chi connectivity index (χ0) is 22.1. The van der Waals surface area contributed by atoms with E-state index in [-0.39, 0.29) is 24.1 Å². The number of rotatable bonds is 11. The minimum absolute atomic E-state index is 0.0782. The highest BCUT2D eigenvalue weighted by Crippen LogP contribution is 2.28. The molecule has 2 aromatic carbocycles. The minimum Gasteiger partial charge on any atom is -0.493 e. The van der Waals surface area contributed by atoms with E-state index >= 15 is 0 Å². The van der Waals surface area contributed by atoms with Crippen LogP contribution >= 0.6 is 0 Å². The van der Waals surface area contributed by atoms with Crippen molar-refractivity contribution < 1.29 is 22.7 Å². The van der Waals surface area contributed by atoms with E-state index in [0.717, 1.165) is 11.1 Å². The van der Waals surface area contributed by atoms with Crippen molar-refractivity contribution >= 4 is 15.9 Å². The maximum absolute atomic E-state index is 12.5. The lowest BCUT2D eigenvalue weighted by molar-refractivity contribution is -0.123. The standard InChI is InChI=1S/C22H30N2O5S/c1-5-30(26,27)24-21(16(2)3)22(25)23-14-18-11-12-19(20(13-18)28-4)29-15-17-9-7-6-8-10-17/h6-13,16,21,24H,5,14-15H2,1-4H3,(H,23,25)/t21-/m0/s1. The fourth-order valence-corrected chi connectivity index (χ4v) is 3.68. The van der Waals surface area contributed by atoms with Crippen LogP contribution in [0.3, 0.4) is 0 Å². The summed E-state index contributed by atoms with van der Waals surface area (Å²) in [5, 5.41) is 2.79. The zero-order valence-corrected chi connectivity index (χ0v) is 18.7. The Kier molecular flexibility index (Phi) is 8.68. The zero-order valence-electron chi connectivity index (χ0n) is 17.8. The Morgan fingerprint density at radius 1 is 1.03 bits per heavy atom. The molecule has 0 heterocycles. The number of methoxy groups -OCH3 is 1. The number of amides is 1. The van der Waals surface area contributed by atoms with E-state index in [2.05, 4.69) is 10.0 Å². The number of ether oxygens (including phenoxy) is 2. The molecule has 0 bridgehead atoms. The monoisotopic (exact) mass is 434 g/mol. The van der Waals surface area contributed by atoms with Gasteiger partial charge in [-0.1, -0.05) is 50.2 Å². The van der Waals surface area contributed by atoms with E-state index in [1.165, 1.54) is 6.92 Å². The molecular formula is C22H30N2O5S. The van der Waals surface area contributed by atoms with Crippen molar-refractivity contribution in [3.8, 4) is 11.5 Å². The molecule has 7 nitrogen and oxygen atoms in total. The Labute approximate surface area is 178 Å². The molecule has 0 spiro atoms. The van der Waals surface area contributed by atoms with Crippen LogP contribution in [0.5, 0.6) is 11.5 Å². The van der Waals surface area contributed by atoms with Gasteiger partial charge in [0.15, 0.2) is 11.5 Å². The first kappa shape index (κ1) is 23.7. The van der Waals surface area contributed by atoms with Gasteiger partial charge < -0.3 is 14.8 Å². The van der Waals surface area contributed by atoms with E-state index in [9.17, 15) is 13.2 Å². The molecule has 2 aromatic rings. The first-order chi connectivity index (χ1) is 14.3. The second-order valence-corrected chi connectivity index (χ2v) is 9.26. The first-order valence-electron chi connectivity index (χ1n) is 9.87. The molecule has 164 valence electrons. The Hall–Kier alpha value is -2.58. The van der Waals surface area contributed by atoms with Crippen molar-refractivity contribution in [3.63, 3.8) is 0 Å². The van der Waals surface area contributed by atoms with Gasteiger partial charge in [0.05, 0.1) is 12.9 Å². The number of carbonyl (C=O) groups is 1. The molecule has 2 N–H and O–H groups in total. The topological polar surface area (TPSA) is 93.7 Å². The largest absolute Gasteiger partial charge is 0.493 e. The molecule has 1 atom stereocenters. The van der Waals surface area contributed by atoms with Crippen molar-refractivity contribution in [1.29, 1.82) is 0 Å². The smallest absolute Gasteiger partial charge is 0.238 e. The third kappa shape index (κ3) is 7.03. The SMILES string of the molecule is CCS(=O)(=O)N[C@H](C(=O)NCc1ccc(OCc2ccccc2)c(OC)c1)C(C)C. The van der Waals surface area contributed by atoms with E-state index in [4.69, 9.17) is 9.47 Å². The van der Waals surface area contributed by atoms with Gasteiger partial charge in [0.1, 0.15) is 12.6 Å². The number of hydrogen-bond donors (Lipinski definition) is 2. The van der Waals surface area contributed by atoms with E-state index in [1.807, 2.05) is 36.4 Å². The molecule has 0 unspecified atom stereocenters. The Morgan fingerprint density at radius 2 is 1.73 bits per heavy atom. The van der Waals surface area contributed by atoms with E-state index in [1.54, 1.807) is 33.1 Å². The van der Waals surface area contributed by atoms with Gasteiger partial charge in [0.25, 0.3) is 0 Å². The van der Waals surface area contributed by atoms with Crippen LogP contribution in [-0.2, 0) is 28.0 Å². The van der Waals surface area contributed by atoms with Crippen LogP contribution in [0.4, 0.5) is 0 Å². The Morgan fingerprint density at radius 3 is 2.33 bits per heavy atom. The van der Waals surface area contributed by atoms with Crippen LogP contribution in [0.25, 0.3) is 0 Å². The molecule has 0 saturated carbocycles. The summed E-state index contributed by atoms with van der Waals surface area (Å²) in [6.45, 7) is 5.78. The van der Waals surface area contributed by atoms with Crippen molar-refractivity contribution in [2.24, 2.45) is 5.92 Å². The third-order valence-corrected chi connectivity index (χ3v) is 5.94. The van der Waals surface area contributed by atoms with Crippen molar-refractivity contribution in [3.05, 3.63) is 59.7 Å². The third-order valence-electron chi connectivity index (χ3n) is 4.57. The van der Waals surface area contributed by atoms with Crippen LogP contribution in [0.1, 0.15) is 31.9 Å². The summed E-state index contributed by atoms with van der Waals surface area (Å²) in [4.78, 5) is 12.5. The van der Waals surface area contributed by atoms with Crippen molar-refractivity contribution in [2.45, 2.75) is 40.0 Å². The molecule has 0 aliphatic rings. The van der Waals surface area contributed by atoms with Crippen molar-refractivity contribution in [1.82, 2.24) is 10.0 Å². The van der Waals surface area contributed by atoms with Gasteiger partial charge in [-0.2, -0.15) is 0 Å². The molecular weight excluding hydrogens is 404 g/mol. The van der Waals surface area contributed by atoms with Crippen LogP contribution in [0, 0.1) is 5.92 Å². The lowest BCUT2D eigenvalue weighted by atomic mass is 10.0. The molecule has 8 heteroatoms. The Balaban J connectivity index is 2.01. The number of nitrogens with one attached hydrogen (secondary N) is 2. The van der Waals surface area contributed by atoms with Gasteiger partial charge in [0, 0.05) is 6.54 Å². The molecule has 0 aliphatic carbocycles. The lowest BCUT2D eigenvalue weighted by Crippen LogP contribution is -2.49. The van der Waals surface area contributed by atoms with Gasteiger partial charge in [-0.25, -0.2) is 13.1 Å². The van der Waals surface area contributed by atoms with Crippen LogP contribution in [0.2, 0.25) is 0 Å². The van der Waals surface area contributed by atoms with Crippen LogP contribution < -0.4 is 19.5 Å². The molecule has 0 radical (unpaired) electrons. The normalized spacial score (nSPS) is 12.4. The molecule has 0 aromatic heterocycles. The van der Waals surface area contributed by atoms with Gasteiger partial charge in [0.2, 0.25) is 15.9 Å². The summed E-state index contributed by atoms with van der Waals surface area (Å²) in [6, 6.07) is 14.4. The number of sulfonamides is 1.